The Morgan fingerprint density at radius 2 is 2.04 bits per heavy atom. The second-order valence-electron chi connectivity index (χ2n) is 5.35. The number of halogens is 1. The quantitative estimate of drug-likeness (QED) is 0.672. The van der Waals surface area contributed by atoms with E-state index in [1.807, 2.05) is 18.2 Å². The molecule has 0 unspecified atom stereocenters. The number of aromatic nitrogens is 3. The lowest BCUT2D eigenvalue weighted by atomic mass is 10.2. The molecule has 0 atom stereocenters. The molecule has 0 aliphatic carbocycles. The van der Waals surface area contributed by atoms with Gasteiger partial charge >= 0.3 is 0 Å². The number of nitrogens with zero attached hydrogens (tertiary/aromatic N) is 3. The summed E-state index contributed by atoms with van der Waals surface area (Å²) in [6.07, 6.45) is 3.09. The van der Waals surface area contributed by atoms with Crippen LogP contribution >= 0.6 is 11.6 Å². The normalized spacial score (nSPS) is 10.4. The second-order valence-corrected chi connectivity index (χ2v) is 5.74. The van der Waals surface area contributed by atoms with Crippen molar-refractivity contribution < 1.29 is 14.3 Å². The lowest BCUT2D eigenvalue weighted by Crippen LogP contribution is -2.16. The van der Waals surface area contributed by atoms with Gasteiger partial charge in [-0.3, -0.25) is 4.79 Å². The molecule has 26 heavy (non-hydrogen) atoms. The molecule has 134 valence electrons. The van der Waals surface area contributed by atoms with E-state index < -0.39 is 0 Å². The molecule has 0 saturated heterocycles. The van der Waals surface area contributed by atoms with Gasteiger partial charge in [-0.2, -0.15) is 5.10 Å². The van der Waals surface area contributed by atoms with E-state index >= 15 is 0 Å². The number of rotatable bonds is 6. The Balaban J connectivity index is 1.82. The van der Waals surface area contributed by atoms with Crippen LogP contribution in [0, 0.1) is 0 Å². The first-order chi connectivity index (χ1) is 12.6. The predicted octanol–water partition coefficient (Wildman–Crippen LogP) is 3.25. The van der Waals surface area contributed by atoms with Crippen molar-refractivity contribution in [3.05, 3.63) is 65.1 Å². The maximum Gasteiger partial charge on any atom is 0.256 e. The summed E-state index contributed by atoms with van der Waals surface area (Å²) >= 11 is 5.84. The van der Waals surface area contributed by atoms with Gasteiger partial charge in [0.2, 0.25) is 0 Å². The van der Waals surface area contributed by atoms with Crippen molar-refractivity contribution in [3.8, 4) is 11.5 Å². The van der Waals surface area contributed by atoms with E-state index in [0.717, 1.165) is 5.56 Å². The molecule has 0 aliphatic heterocycles. The van der Waals surface area contributed by atoms with Crippen LogP contribution in [0.15, 0.2) is 48.8 Å². The fraction of sp³-hybridized carbons (Fsp3) is 0.167. The first-order valence-electron chi connectivity index (χ1n) is 7.77. The SMILES string of the molecule is COc1cccc(Cn2nccc2NC(=O)c2ccnc(Cl)c2)c1OC. The van der Waals surface area contributed by atoms with Crippen LogP contribution in [0.3, 0.4) is 0 Å². The number of carbonyl (C=O) groups is 1. The highest BCUT2D eigenvalue weighted by atomic mass is 35.5. The smallest absolute Gasteiger partial charge is 0.256 e. The number of anilines is 1. The highest BCUT2D eigenvalue weighted by Crippen LogP contribution is 2.31. The van der Waals surface area contributed by atoms with Crippen LogP contribution in [0.4, 0.5) is 5.82 Å². The van der Waals surface area contributed by atoms with Crippen LogP contribution < -0.4 is 14.8 Å². The van der Waals surface area contributed by atoms with Crippen molar-refractivity contribution in [3.63, 3.8) is 0 Å². The zero-order chi connectivity index (χ0) is 18.5. The number of amides is 1. The van der Waals surface area contributed by atoms with Crippen molar-refractivity contribution in [1.29, 1.82) is 0 Å². The Kier molecular flexibility index (Phi) is 5.38. The van der Waals surface area contributed by atoms with Gasteiger partial charge in [0, 0.05) is 23.4 Å². The number of hydrogen-bond acceptors (Lipinski definition) is 5. The third kappa shape index (κ3) is 3.78. The zero-order valence-electron chi connectivity index (χ0n) is 14.3. The molecular formula is C18H17ClN4O3. The fourth-order valence-corrected chi connectivity index (χ4v) is 2.71. The van der Waals surface area contributed by atoms with Gasteiger partial charge in [-0.15, -0.1) is 0 Å². The molecule has 8 heteroatoms. The van der Waals surface area contributed by atoms with Crippen molar-refractivity contribution in [2.24, 2.45) is 0 Å². The minimum atomic E-state index is -0.298. The lowest BCUT2D eigenvalue weighted by molar-refractivity contribution is 0.102. The molecule has 3 aromatic rings. The fourth-order valence-electron chi connectivity index (χ4n) is 2.54. The topological polar surface area (TPSA) is 78.3 Å². The van der Waals surface area contributed by atoms with Gasteiger partial charge < -0.3 is 14.8 Å². The second kappa shape index (κ2) is 7.88. The van der Waals surface area contributed by atoms with E-state index in [1.165, 1.54) is 12.3 Å². The van der Waals surface area contributed by atoms with Gasteiger partial charge in [-0.05, 0) is 18.2 Å². The van der Waals surface area contributed by atoms with E-state index in [-0.39, 0.29) is 11.1 Å². The third-order valence-electron chi connectivity index (χ3n) is 3.75. The van der Waals surface area contributed by atoms with Crippen LogP contribution in [0.25, 0.3) is 0 Å². The average Bonchev–Trinajstić information content (AvgIpc) is 3.08. The van der Waals surface area contributed by atoms with E-state index in [4.69, 9.17) is 21.1 Å². The van der Waals surface area contributed by atoms with Crippen molar-refractivity contribution >= 4 is 23.3 Å². The molecule has 7 nitrogen and oxygen atoms in total. The summed E-state index contributed by atoms with van der Waals surface area (Å²) in [5.41, 5.74) is 1.29. The Morgan fingerprint density at radius 1 is 1.19 bits per heavy atom. The van der Waals surface area contributed by atoms with Crippen molar-refractivity contribution in [2.75, 3.05) is 19.5 Å². The highest BCUT2D eigenvalue weighted by Gasteiger charge is 2.14. The number of carbonyl (C=O) groups excluding carboxylic acids is 1. The Labute approximate surface area is 155 Å². The molecule has 0 saturated carbocycles. The average molecular weight is 373 g/mol. The summed E-state index contributed by atoms with van der Waals surface area (Å²) in [4.78, 5) is 16.3. The van der Waals surface area contributed by atoms with Gasteiger partial charge in [0.15, 0.2) is 11.5 Å². The third-order valence-corrected chi connectivity index (χ3v) is 3.96. The molecule has 2 aromatic heterocycles. The standard InChI is InChI=1S/C18H17ClN4O3/c1-25-14-5-3-4-13(17(14)26-2)11-23-16(7-9-21-23)22-18(24)12-6-8-20-15(19)10-12/h3-10H,11H2,1-2H3,(H,22,24). The van der Waals surface area contributed by atoms with Crippen LogP contribution in [-0.2, 0) is 6.54 Å². The number of benzene rings is 1. The number of methoxy groups -OCH3 is 2. The van der Waals surface area contributed by atoms with Gasteiger partial charge in [-0.1, -0.05) is 23.7 Å². The number of ether oxygens (including phenoxy) is 2. The first-order valence-corrected chi connectivity index (χ1v) is 8.14. The summed E-state index contributed by atoms with van der Waals surface area (Å²) in [7, 11) is 3.17. The molecule has 0 aliphatic rings. The molecule has 0 spiro atoms. The molecule has 0 fully saturated rings. The molecular weight excluding hydrogens is 356 g/mol. The Bertz CT molecular complexity index is 926. The molecule has 2 heterocycles. The summed E-state index contributed by atoms with van der Waals surface area (Å²) in [6, 6.07) is 10.4. The molecule has 0 radical (unpaired) electrons. The maximum atomic E-state index is 12.4. The van der Waals surface area contributed by atoms with E-state index in [9.17, 15) is 4.79 Å². The molecule has 1 aromatic carbocycles. The van der Waals surface area contributed by atoms with Crippen LogP contribution in [0.1, 0.15) is 15.9 Å². The van der Waals surface area contributed by atoms with E-state index in [2.05, 4.69) is 15.4 Å². The number of hydrogen-bond donors (Lipinski definition) is 1. The lowest BCUT2D eigenvalue weighted by Gasteiger charge is -2.14. The molecule has 1 N–H and O–H groups in total. The van der Waals surface area contributed by atoms with Crippen LogP contribution in [0.2, 0.25) is 5.15 Å². The minimum absolute atomic E-state index is 0.257. The Morgan fingerprint density at radius 3 is 2.77 bits per heavy atom. The maximum absolute atomic E-state index is 12.4. The van der Waals surface area contributed by atoms with Crippen LogP contribution in [0.5, 0.6) is 11.5 Å². The number of para-hydroxylation sites is 1. The molecule has 1 amide bonds. The zero-order valence-corrected chi connectivity index (χ0v) is 15.0. The first kappa shape index (κ1) is 17.8. The summed E-state index contributed by atoms with van der Waals surface area (Å²) in [5, 5.41) is 7.35. The van der Waals surface area contributed by atoms with Gasteiger partial charge in [0.1, 0.15) is 11.0 Å². The van der Waals surface area contributed by atoms with E-state index in [0.29, 0.717) is 29.4 Å². The van der Waals surface area contributed by atoms with Crippen molar-refractivity contribution in [1.82, 2.24) is 14.8 Å². The largest absolute Gasteiger partial charge is 0.493 e. The van der Waals surface area contributed by atoms with E-state index in [1.54, 1.807) is 37.2 Å². The summed E-state index contributed by atoms with van der Waals surface area (Å²) in [6.45, 7) is 0.403. The molecule has 0 bridgehead atoms. The number of nitrogens with one attached hydrogen (secondary N) is 1. The van der Waals surface area contributed by atoms with Gasteiger partial charge in [0.25, 0.3) is 5.91 Å². The summed E-state index contributed by atoms with van der Waals surface area (Å²) in [5.74, 6) is 1.51. The minimum Gasteiger partial charge on any atom is -0.493 e. The Hall–Kier alpha value is -3.06. The monoisotopic (exact) mass is 372 g/mol. The number of pyridine rings is 1. The summed E-state index contributed by atoms with van der Waals surface area (Å²) < 4.78 is 12.4. The van der Waals surface area contributed by atoms with Crippen molar-refractivity contribution in [2.45, 2.75) is 6.54 Å². The highest BCUT2D eigenvalue weighted by molar-refractivity contribution is 6.29. The van der Waals surface area contributed by atoms with Gasteiger partial charge in [0.05, 0.1) is 27.0 Å². The molecule has 3 rings (SSSR count). The van der Waals surface area contributed by atoms with Crippen LogP contribution in [-0.4, -0.2) is 34.9 Å². The predicted molar refractivity (Wildman–Crippen MR) is 98.1 cm³/mol. The van der Waals surface area contributed by atoms with Gasteiger partial charge in [-0.25, -0.2) is 9.67 Å².